The van der Waals surface area contributed by atoms with Crippen LogP contribution in [0.5, 0.6) is 0 Å². The number of nitrogens with two attached hydrogens (primary N) is 1. The molecule has 0 aliphatic rings. The van der Waals surface area contributed by atoms with Crippen molar-refractivity contribution in [3.05, 3.63) is 20.8 Å². The van der Waals surface area contributed by atoms with Crippen LogP contribution in [0.2, 0.25) is 0 Å². The molecular formula is C10H15BrN2OS. The smallest absolute Gasteiger partial charge is 0.224 e. The van der Waals surface area contributed by atoms with Crippen molar-refractivity contribution in [3.63, 3.8) is 0 Å². The molecule has 1 heterocycles. The molecule has 0 aliphatic carbocycles. The van der Waals surface area contributed by atoms with Gasteiger partial charge in [0.25, 0.3) is 0 Å². The van der Waals surface area contributed by atoms with Crippen LogP contribution in [0.25, 0.3) is 0 Å². The normalized spacial score (nSPS) is 12.5. The van der Waals surface area contributed by atoms with Gasteiger partial charge in [-0.05, 0) is 33.8 Å². The Kier molecular flexibility index (Phi) is 5.28. The highest BCUT2D eigenvalue weighted by molar-refractivity contribution is 9.10. The Labute approximate surface area is 102 Å². The van der Waals surface area contributed by atoms with Crippen LogP contribution in [0.15, 0.2) is 15.9 Å². The Morgan fingerprint density at radius 3 is 2.93 bits per heavy atom. The van der Waals surface area contributed by atoms with E-state index in [9.17, 15) is 4.79 Å². The number of carbonyl (C=O) groups excluding carboxylic acids is 1. The fraction of sp³-hybridized carbons (Fsp3) is 0.500. The van der Waals surface area contributed by atoms with E-state index in [2.05, 4.69) is 21.2 Å². The van der Waals surface area contributed by atoms with Gasteiger partial charge < -0.3 is 11.1 Å². The Morgan fingerprint density at radius 2 is 2.47 bits per heavy atom. The van der Waals surface area contributed by atoms with Crippen molar-refractivity contribution in [1.82, 2.24) is 5.32 Å². The van der Waals surface area contributed by atoms with Crippen molar-refractivity contribution in [2.75, 3.05) is 6.54 Å². The van der Waals surface area contributed by atoms with E-state index in [4.69, 9.17) is 5.73 Å². The van der Waals surface area contributed by atoms with E-state index in [1.54, 1.807) is 11.3 Å². The molecule has 0 saturated carbocycles. The molecular weight excluding hydrogens is 276 g/mol. The molecule has 0 radical (unpaired) electrons. The number of nitrogens with one attached hydrogen (secondary N) is 1. The van der Waals surface area contributed by atoms with Crippen molar-refractivity contribution in [1.29, 1.82) is 0 Å². The van der Waals surface area contributed by atoms with Crippen LogP contribution in [-0.2, 0) is 11.3 Å². The van der Waals surface area contributed by atoms with Gasteiger partial charge in [0.05, 0.1) is 6.54 Å². The molecule has 15 heavy (non-hydrogen) atoms. The largest absolute Gasteiger partial charge is 0.351 e. The van der Waals surface area contributed by atoms with Crippen LogP contribution in [0.3, 0.4) is 0 Å². The summed E-state index contributed by atoms with van der Waals surface area (Å²) < 4.78 is 1.05. The lowest BCUT2D eigenvalue weighted by Gasteiger charge is -2.11. The van der Waals surface area contributed by atoms with Crippen molar-refractivity contribution >= 4 is 33.2 Å². The van der Waals surface area contributed by atoms with E-state index in [1.807, 2.05) is 18.4 Å². The van der Waals surface area contributed by atoms with Crippen LogP contribution >= 0.6 is 27.3 Å². The minimum atomic E-state index is -0.0660. The van der Waals surface area contributed by atoms with Crippen LogP contribution < -0.4 is 11.1 Å². The molecule has 1 unspecified atom stereocenters. The van der Waals surface area contributed by atoms with Crippen molar-refractivity contribution in [2.45, 2.75) is 19.9 Å². The van der Waals surface area contributed by atoms with Gasteiger partial charge in [0.1, 0.15) is 0 Å². The summed E-state index contributed by atoms with van der Waals surface area (Å²) in [5, 5.41) is 4.88. The molecule has 0 bridgehead atoms. The Balaban J connectivity index is 2.43. The highest BCUT2D eigenvalue weighted by atomic mass is 79.9. The summed E-state index contributed by atoms with van der Waals surface area (Å²) in [6, 6.07) is 1.98. The van der Waals surface area contributed by atoms with Gasteiger partial charge >= 0.3 is 0 Å². The molecule has 0 fully saturated rings. The lowest BCUT2D eigenvalue weighted by atomic mass is 10.1. The van der Waals surface area contributed by atoms with Crippen molar-refractivity contribution in [2.24, 2.45) is 11.7 Å². The van der Waals surface area contributed by atoms with Gasteiger partial charge in [-0.15, -0.1) is 11.3 Å². The van der Waals surface area contributed by atoms with Crippen molar-refractivity contribution < 1.29 is 4.79 Å². The molecule has 1 rings (SSSR count). The van der Waals surface area contributed by atoms with E-state index >= 15 is 0 Å². The molecule has 3 nitrogen and oxygen atoms in total. The van der Waals surface area contributed by atoms with Gasteiger partial charge in [-0.25, -0.2) is 0 Å². The highest BCUT2D eigenvalue weighted by Crippen LogP contribution is 2.22. The monoisotopic (exact) mass is 290 g/mol. The van der Waals surface area contributed by atoms with Gasteiger partial charge in [0.2, 0.25) is 5.91 Å². The summed E-state index contributed by atoms with van der Waals surface area (Å²) >= 11 is 5.05. The second-order valence-corrected chi connectivity index (χ2v) is 5.11. The van der Waals surface area contributed by atoms with Crippen molar-refractivity contribution in [3.8, 4) is 0 Å². The zero-order valence-corrected chi connectivity index (χ0v) is 11.0. The Bertz CT molecular complexity index is 323. The predicted molar refractivity (Wildman–Crippen MR) is 66.7 cm³/mol. The minimum Gasteiger partial charge on any atom is -0.351 e. The number of halogens is 1. The number of rotatable bonds is 5. The second-order valence-electron chi connectivity index (χ2n) is 3.25. The average molecular weight is 291 g/mol. The summed E-state index contributed by atoms with van der Waals surface area (Å²) in [7, 11) is 0. The summed E-state index contributed by atoms with van der Waals surface area (Å²) in [4.78, 5) is 12.7. The molecule has 0 spiro atoms. The molecule has 1 aromatic rings. The summed E-state index contributed by atoms with van der Waals surface area (Å²) in [5.41, 5.74) is 5.50. The van der Waals surface area contributed by atoms with Gasteiger partial charge in [-0.3, -0.25) is 4.79 Å². The zero-order valence-electron chi connectivity index (χ0n) is 8.63. The van der Waals surface area contributed by atoms with Crippen LogP contribution in [0.4, 0.5) is 0 Å². The summed E-state index contributed by atoms with van der Waals surface area (Å²) in [6.07, 6.45) is 0.786. The third-order valence-corrected chi connectivity index (χ3v) is 4.19. The maximum Gasteiger partial charge on any atom is 0.224 e. The van der Waals surface area contributed by atoms with E-state index in [0.717, 1.165) is 15.8 Å². The highest BCUT2D eigenvalue weighted by Gasteiger charge is 2.14. The molecule has 1 atom stereocenters. The number of thiophene rings is 1. The maximum atomic E-state index is 11.6. The summed E-state index contributed by atoms with van der Waals surface area (Å²) in [6.45, 7) is 2.96. The fourth-order valence-corrected chi connectivity index (χ4v) is 2.65. The third kappa shape index (κ3) is 3.59. The van der Waals surface area contributed by atoms with E-state index in [0.29, 0.717) is 13.1 Å². The Morgan fingerprint density at radius 1 is 1.73 bits per heavy atom. The first-order valence-corrected chi connectivity index (χ1v) is 6.56. The molecule has 84 valence electrons. The molecule has 1 aromatic heterocycles. The molecule has 0 saturated heterocycles. The van der Waals surface area contributed by atoms with Crippen LogP contribution in [-0.4, -0.2) is 12.5 Å². The van der Waals surface area contributed by atoms with Crippen LogP contribution in [0.1, 0.15) is 18.2 Å². The SMILES string of the molecule is CCC(CN)C(=O)NCc1sccc1Br. The summed E-state index contributed by atoms with van der Waals surface area (Å²) in [5.74, 6) is -0.0240. The van der Waals surface area contributed by atoms with Crippen LogP contribution in [0, 0.1) is 5.92 Å². The number of carbonyl (C=O) groups is 1. The first-order chi connectivity index (χ1) is 7.19. The molecule has 5 heteroatoms. The predicted octanol–water partition coefficient (Wildman–Crippen LogP) is 2.11. The van der Waals surface area contributed by atoms with E-state index < -0.39 is 0 Å². The topological polar surface area (TPSA) is 55.1 Å². The maximum absolute atomic E-state index is 11.6. The van der Waals surface area contributed by atoms with Gasteiger partial charge in [0.15, 0.2) is 0 Å². The standard InChI is InChI=1S/C10H15BrN2OS/c1-2-7(5-12)10(14)13-6-9-8(11)3-4-15-9/h3-4,7H,2,5-6,12H2,1H3,(H,13,14). The first-order valence-electron chi connectivity index (χ1n) is 4.88. The third-order valence-electron chi connectivity index (χ3n) is 2.26. The van der Waals surface area contributed by atoms with Gasteiger partial charge in [-0.1, -0.05) is 6.92 Å². The minimum absolute atomic E-state index is 0.0419. The first kappa shape index (κ1) is 12.7. The fourth-order valence-electron chi connectivity index (χ4n) is 1.22. The van der Waals surface area contributed by atoms with E-state index in [1.165, 1.54) is 0 Å². The average Bonchev–Trinajstić information content (AvgIpc) is 2.63. The van der Waals surface area contributed by atoms with Gasteiger partial charge in [0, 0.05) is 21.8 Å². The van der Waals surface area contributed by atoms with E-state index in [-0.39, 0.29) is 11.8 Å². The number of hydrogen-bond donors (Lipinski definition) is 2. The molecule has 1 amide bonds. The number of hydrogen-bond acceptors (Lipinski definition) is 3. The molecule has 0 aromatic carbocycles. The number of amides is 1. The quantitative estimate of drug-likeness (QED) is 0.873. The molecule has 0 aliphatic heterocycles. The second kappa shape index (κ2) is 6.25. The lowest BCUT2D eigenvalue weighted by Crippen LogP contribution is -2.34. The van der Waals surface area contributed by atoms with Gasteiger partial charge in [-0.2, -0.15) is 0 Å². The zero-order chi connectivity index (χ0) is 11.3. The Hall–Kier alpha value is -0.390. The molecule has 3 N–H and O–H groups in total. The lowest BCUT2D eigenvalue weighted by molar-refractivity contribution is -0.124.